The first-order valence-corrected chi connectivity index (χ1v) is 7.19. The minimum atomic E-state index is -0.583. The summed E-state index contributed by atoms with van der Waals surface area (Å²) in [4.78, 5) is 1.30. The highest BCUT2D eigenvalue weighted by atomic mass is 32.1. The quantitative estimate of drug-likeness (QED) is 0.787. The Balaban J connectivity index is 1.94. The summed E-state index contributed by atoms with van der Waals surface area (Å²) < 4.78 is 0. The van der Waals surface area contributed by atoms with Gasteiger partial charge in [-0.05, 0) is 48.6 Å². The van der Waals surface area contributed by atoms with Gasteiger partial charge in [0.25, 0.3) is 0 Å². The van der Waals surface area contributed by atoms with Gasteiger partial charge in [-0.25, -0.2) is 0 Å². The Morgan fingerprint density at radius 3 is 2.47 bits per heavy atom. The van der Waals surface area contributed by atoms with Crippen molar-refractivity contribution in [1.82, 2.24) is 5.32 Å². The molecule has 0 amide bonds. The van der Waals surface area contributed by atoms with Crippen molar-refractivity contribution >= 4 is 11.3 Å². The Labute approximate surface area is 117 Å². The van der Waals surface area contributed by atoms with Gasteiger partial charge in [0.15, 0.2) is 0 Å². The maximum atomic E-state index is 10.2. The third-order valence-corrected chi connectivity index (χ3v) is 4.28. The number of aromatic hydroxyl groups is 1. The highest BCUT2D eigenvalue weighted by Gasteiger charge is 2.16. The molecule has 2 unspecified atom stereocenters. The van der Waals surface area contributed by atoms with Crippen LogP contribution >= 0.6 is 11.3 Å². The monoisotopic (exact) mass is 277 g/mol. The highest BCUT2D eigenvalue weighted by Crippen LogP contribution is 2.21. The Hall–Kier alpha value is -1.36. The van der Waals surface area contributed by atoms with Crippen LogP contribution in [0.3, 0.4) is 0 Å². The van der Waals surface area contributed by atoms with Gasteiger partial charge in [0, 0.05) is 17.5 Å². The molecule has 19 heavy (non-hydrogen) atoms. The minimum Gasteiger partial charge on any atom is -0.508 e. The lowest BCUT2D eigenvalue weighted by Gasteiger charge is -2.20. The summed E-state index contributed by atoms with van der Waals surface area (Å²) in [6.07, 6.45) is -0.583. The van der Waals surface area contributed by atoms with E-state index in [1.54, 1.807) is 35.6 Å². The molecule has 2 atom stereocenters. The Morgan fingerprint density at radius 2 is 1.89 bits per heavy atom. The molecular weight excluding hydrogens is 258 g/mol. The SMILES string of the molecule is Cc1ccsc1CNC(C)C(O)c1ccc(O)cc1. The van der Waals surface area contributed by atoms with Gasteiger partial charge < -0.3 is 15.5 Å². The molecule has 0 aliphatic rings. The van der Waals surface area contributed by atoms with Crippen LogP contribution in [0.4, 0.5) is 0 Å². The molecule has 2 aromatic rings. The van der Waals surface area contributed by atoms with Crippen LogP contribution < -0.4 is 5.32 Å². The zero-order valence-electron chi connectivity index (χ0n) is 11.1. The number of phenolic OH excluding ortho intramolecular Hbond substituents is 1. The van der Waals surface area contributed by atoms with Gasteiger partial charge in [0.1, 0.15) is 5.75 Å². The topological polar surface area (TPSA) is 52.5 Å². The smallest absolute Gasteiger partial charge is 0.115 e. The van der Waals surface area contributed by atoms with Crippen molar-refractivity contribution in [3.8, 4) is 5.75 Å². The van der Waals surface area contributed by atoms with Crippen LogP contribution in [0.5, 0.6) is 5.75 Å². The van der Waals surface area contributed by atoms with E-state index < -0.39 is 6.10 Å². The van der Waals surface area contributed by atoms with Crippen molar-refractivity contribution in [3.63, 3.8) is 0 Å². The van der Waals surface area contributed by atoms with Crippen molar-refractivity contribution in [2.24, 2.45) is 0 Å². The average Bonchev–Trinajstić information content (AvgIpc) is 2.81. The van der Waals surface area contributed by atoms with E-state index in [9.17, 15) is 10.2 Å². The summed E-state index contributed by atoms with van der Waals surface area (Å²) in [5, 5.41) is 24.9. The molecule has 1 aromatic carbocycles. The molecule has 3 nitrogen and oxygen atoms in total. The number of phenols is 1. The average molecular weight is 277 g/mol. The van der Waals surface area contributed by atoms with Gasteiger partial charge in [-0.2, -0.15) is 0 Å². The predicted molar refractivity (Wildman–Crippen MR) is 78.4 cm³/mol. The van der Waals surface area contributed by atoms with Gasteiger partial charge >= 0.3 is 0 Å². The number of aryl methyl sites for hydroxylation is 1. The van der Waals surface area contributed by atoms with Crippen molar-refractivity contribution in [2.75, 3.05) is 0 Å². The maximum Gasteiger partial charge on any atom is 0.115 e. The number of aliphatic hydroxyl groups excluding tert-OH is 1. The summed E-state index contributed by atoms with van der Waals surface area (Å²) >= 11 is 1.72. The number of thiophene rings is 1. The van der Waals surface area contributed by atoms with Crippen molar-refractivity contribution in [2.45, 2.75) is 32.5 Å². The number of benzene rings is 1. The number of nitrogens with one attached hydrogen (secondary N) is 1. The highest BCUT2D eigenvalue weighted by molar-refractivity contribution is 7.10. The first kappa shape index (κ1) is 14.1. The predicted octanol–water partition coefficient (Wildman–Crippen LogP) is 2.97. The molecule has 0 saturated carbocycles. The summed E-state index contributed by atoms with van der Waals surface area (Å²) in [6, 6.07) is 8.72. The maximum absolute atomic E-state index is 10.2. The van der Waals surface area contributed by atoms with E-state index in [1.807, 2.05) is 6.92 Å². The fourth-order valence-electron chi connectivity index (χ4n) is 1.91. The van der Waals surface area contributed by atoms with E-state index in [0.717, 1.165) is 12.1 Å². The van der Waals surface area contributed by atoms with Crippen molar-refractivity contribution in [1.29, 1.82) is 0 Å². The van der Waals surface area contributed by atoms with Crippen LogP contribution in [0.15, 0.2) is 35.7 Å². The second-order valence-electron chi connectivity index (χ2n) is 4.73. The van der Waals surface area contributed by atoms with E-state index in [2.05, 4.69) is 23.7 Å². The second kappa shape index (κ2) is 6.19. The van der Waals surface area contributed by atoms with Gasteiger partial charge in [0.2, 0.25) is 0 Å². The van der Waals surface area contributed by atoms with Crippen LogP contribution in [0.2, 0.25) is 0 Å². The van der Waals surface area contributed by atoms with E-state index in [0.29, 0.717) is 0 Å². The second-order valence-corrected chi connectivity index (χ2v) is 5.73. The Kier molecular flexibility index (Phi) is 4.58. The molecule has 0 spiro atoms. The molecule has 0 saturated heterocycles. The molecule has 4 heteroatoms. The summed E-state index contributed by atoms with van der Waals surface area (Å²) in [7, 11) is 0. The summed E-state index contributed by atoms with van der Waals surface area (Å²) in [5.41, 5.74) is 2.09. The molecule has 0 bridgehead atoms. The Morgan fingerprint density at radius 1 is 1.21 bits per heavy atom. The van der Waals surface area contributed by atoms with E-state index in [1.165, 1.54) is 10.4 Å². The third kappa shape index (κ3) is 3.56. The van der Waals surface area contributed by atoms with Gasteiger partial charge in [-0.15, -0.1) is 11.3 Å². The molecule has 0 radical (unpaired) electrons. The standard InChI is InChI=1S/C15H19NO2S/c1-10-7-8-19-14(10)9-16-11(2)15(18)12-3-5-13(17)6-4-12/h3-8,11,15-18H,9H2,1-2H3. The lowest BCUT2D eigenvalue weighted by Crippen LogP contribution is -2.31. The molecule has 0 aliphatic heterocycles. The fourth-order valence-corrected chi connectivity index (χ4v) is 2.77. The zero-order valence-corrected chi connectivity index (χ0v) is 11.9. The van der Waals surface area contributed by atoms with Crippen LogP contribution in [0.25, 0.3) is 0 Å². The van der Waals surface area contributed by atoms with Gasteiger partial charge in [0.05, 0.1) is 6.10 Å². The molecule has 1 heterocycles. The first-order chi connectivity index (χ1) is 9.08. The first-order valence-electron chi connectivity index (χ1n) is 6.31. The lowest BCUT2D eigenvalue weighted by atomic mass is 10.0. The molecular formula is C15H19NO2S. The third-order valence-electron chi connectivity index (χ3n) is 3.26. The van der Waals surface area contributed by atoms with Crippen LogP contribution in [0.1, 0.15) is 29.0 Å². The van der Waals surface area contributed by atoms with Crippen molar-refractivity contribution in [3.05, 3.63) is 51.7 Å². The number of hydrogen-bond donors (Lipinski definition) is 3. The Bertz CT molecular complexity index is 521. The molecule has 2 rings (SSSR count). The number of rotatable bonds is 5. The molecule has 1 aromatic heterocycles. The molecule has 102 valence electrons. The van der Waals surface area contributed by atoms with Crippen molar-refractivity contribution < 1.29 is 10.2 Å². The summed E-state index contributed by atoms with van der Waals surface area (Å²) in [6.45, 7) is 4.81. The fraction of sp³-hybridized carbons (Fsp3) is 0.333. The van der Waals surface area contributed by atoms with Crippen LogP contribution in [-0.2, 0) is 6.54 Å². The van der Waals surface area contributed by atoms with E-state index in [-0.39, 0.29) is 11.8 Å². The molecule has 0 fully saturated rings. The molecule has 0 aliphatic carbocycles. The summed E-state index contributed by atoms with van der Waals surface area (Å²) in [5.74, 6) is 0.214. The molecule has 3 N–H and O–H groups in total. The normalized spacial score (nSPS) is 14.3. The van der Waals surface area contributed by atoms with Gasteiger partial charge in [-0.1, -0.05) is 12.1 Å². The lowest BCUT2D eigenvalue weighted by molar-refractivity contribution is 0.135. The van der Waals surface area contributed by atoms with E-state index >= 15 is 0 Å². The van der Waals surface area contributed by atoms with E-state index in [4.69, 9.17) is 0 Å². The largest absolute Gasteiger partial charge is 0.508 e. The number of hydrogen-bond acceptors (Lipinski definition) is 4. The number of aliphatic hydroxyl groups is 1. The zero-order chi connectivity index (χ0) is 13.8. The van der Waals surface area contributed by atoms with Gasteiger partial charge in [-0.3, -0.25) is 0 Å². The minimum absolute atomic E-state index is 0.0500. The van der Waals surface area contributed by atoms with Crippen LogP contribution in [-0.4, -0.2) is 16.3 Å². The van der Waals surface area contributed by atoms with Crippen LogP contribution in [0, 0.1) is 6.92 Å².